The van der Waals surface area contributed by atoms with Crippen LogP contribution in [0, 0.1) is 13.8 Å². The van der Waals surface area contributed by atoms with Crippen molar-refractivity contribution in [2.45, 2.75) is 24.7 Å². The van der Waals surface area contributed by atoms with Crippen molar-refractivity contribution in [3.8, 4) is 44.5 Å². The smallest absolute Gasteiger partial charge is 0.333 e. The Labute approximate surface area is 391 Å². The number of para-hydroxylation sites is 4. The Bertz CT molecular complexity index is 3780. The summed E-state index contributed by atoms with van der Waals surface area (Å²) in [7, 11) is 0. The van der Waals surface area contributed by atoms with Gasteiger partial charge in [-0.2, -0.15) is 0 Å². The number of benzene rings is 10. The molecule has 2 nitrogen and oxygen atoms in total. The number of aryl methyl sites for hydroxylation is 2. The summed E-state index contributed by atoms with van der Waals surface area (Å²) in [4.78, 5) is 5.45. The van der Waals surface area contributed by atoms with Crippen LogP contribution in [-0.4, -0.2) is 6.85 Å². The molecule has 0 atom stereocenters. The van der Waals surface area contributed by atoms with Crippen LogP contribution in [0.25, 0.3) is 44.5 Å². The third-order valence-corrected chi connectivity index (χ3v) is 16.7. The normalized spacial score (nSPS) is 15.5. The lowest BCUT2D eigenvalue weighted by Crippen LogP contribution is -2.64. The van der Waals surface area contributed by atoms with Crippen LogP contribution in [0.1, 0.15) is 55.6 Å². The van der Waals surface area contributed by atoms with E-state index in [9.17, 15) is 0 Å². The van der Waals surface area contributed by atoms with E-state index in [2.05, 4.69) is 236 Å². The van der Waals surface area contributed by atoms with E-state index in [1.807, 2.05) is 0 Å². The van der Waals surface area contributed by atoms with E-state index < -0.39 is 10.8 Å². The van der Waals surface area contributed by atoms with Crippen molar-refractivity contribution in [2.24, 2.45) is 0 Å². The average molecular weight is 849 g/mol. The lowest BCUT2D eigenvalue weighted by molar-refractivity contribution is 0.752. The van der Waals surface area contributed by atoms with Crippen LogP contribution in [-0.2, 0) is 10.8 Å². The van der Waals surface area contributed by atoms with Gasteiger partial charge >= 0.3 is 6.85 Å². The summed E-state index contributed by atoms with van der Waals surface area (Å²) >= 11 is 0. The zero-order valence-electron chi connectivity index (χ0n) is 37.2. The molecule has 3 heteroatoms. The lowest BCUT2D eigenvalue weighted by Gasteiger charge is -2.54. The highest BCUT2D eigenvalue weighted by Crippen LogP contribution is 2.67. The van der Waals surface area contributed by atoms with Crippen molar-refractivity contribution in [3.63, 3.8) is 0 Å². The maximum absolute atomic E-state index is 2.77. The number of nitrogens with zero attached hydrogens (tertiary/aromatic N) is 2. The third kappa shape index (κ3) is 4.02. The molecule has 4 aliphatic heterocycles. The molecule has 2 aliphatic carbocycles. The first-order chi connectivity index (χ1) is 33.1. The first-order valence-electron chi connectivity index (χ1n) is 23.8. The van der Waals surface area contributed by atoms with Gasteiger partial charge in [0, 0.05) is 28.3 Å². The average Bonchev–Trinajstić information content (AvgIpc) is 3.84. The highest BCUT2D eigenvalue weighted by Gasteiger charge is 2.59. The summed E-state index contributed by atoms with van der Waals surface area (Å²) in [5.41, 5.74) is 31.8. The summed E-state index contributed by atoms with van der Waals surface area (Å²) < 4.78 is 0. The number of anilines is 5. The Balaban J connectivity index is 1.09. The molecule has 0 N–H and O–H groups in total. The molecule has 0 radical (unpaired) electrons. The van der Waals surface area contributed by atoms with Crippen LogP contribution in [0.3, 0.4) is 0 Å². The number of hydrogen-bond donors (Lipinski definition) is 0. The highest BCUT2D eigenvalue weighted by atomic mass is 15.2. The Hall–Kier alpha value is -8.14. The Morgan fingerprint density at radius 2 is 0.776 bits per heavy atom. The molecule has 16 rings (SSSR count). The zero-order chi connectivity index (χ0) is 43.9. The molecule has 0 fully saturated rings. The van der Waals surface area contributed by atoms with Gasteiger partial charge in [-0.3, -0.25) is 0 Å². The lowest BCUT2D eigenvalue weighted by atomic mass is 9.41. The highest BCUT2D eigenvalue weighted by molar-refractivity contribution is 6.94. The fraction of sp³-hybridized carbons (Fsp3) is 0.0625. The van der Waals surface area contributed by atoms with E-state index in [-0.39, 0.29) is 6.85 Å². The van der Waals surface area contributed by atoms with Crippen LogP contribution < -0.4 is 20.6 Å². The van der Waals surface area contributed by atoms with Gasteiger partial charge in [-0.15, -0.1) is 0 Å². The van der Waals surface area contributed by atoms with Gasteiger partial charge in [0.05, 0.1) is 16.5 Å². The predicted molar refractivity (Wildman–Crippen MR) is 277 cm³/mol. The first kappa shape index (κ1) is 36.1. The van der Waals surface area contributed by atoms with Crippen LogP contribution in [0.4, 0.5) is 28.4 Å². The van der Waals surface area contributed by atoms with Crippen LogP contribution >= 0.6 is 0 Å². The van der Waals surface area contributed by atoms with Crippen molar-refractivity contribution in [1.82, 2.24) is 0 Å². The summed E-state index contributed by atoms with van der Waals surface area (Å²) in [6, 6.07) is 81.8. The second-order valence-corrected chi connectivity index (χ2v) is 19.5. The Morgan fingerprint density at radius 1 is 0.343 bits per heavy atom. The van der Waals surface area contributed by atoms with Gasteiger partial charge in [-0.05, 0) is 144 Å². The molecule has 0 aromatic heterocycles. The Morgan fingerprint density at radius 3 is 1.36 bits per heavy atom. The molecule has 0 unspecified atom stereocenters. The molecular formula is C64H41BN2. The minimum Gasteiger partial charge on any atom is -0.376 e. The Kier molecular flexibility index (Phi) is 6.68. The van der Waals surface area contributed by atoms with Gasteiger partial charge in [0.2, 0.25) is 0 Å². The SMILES string of the molecule is Cc1cccc(C)c1-c1cc2c3c(c1)N1c4ccccc4C4(c5ccccc5-c5ccccc54)c4cccc(c41)B3N1c3ccccc3C3(c4ccccc4-c4ccccc43)c3cccc-2c31. The largest absolute Gasteiger partial charge is 0.376 e. The van der Waals surface area contributed by atoms with Crippen molar-refractivity contribution in [3.05, 3.63) is 268 Å². The molecule has 67 heavy (non-hydrogen) atoms. The maximum atomic E-state index is 2.77. The van der Waals surface area contributed by atoms with Crippen LogP contribution in [0.5, 0.6) is 0 Å². The number of rotatable bonds is 1. The van der Waals surface area contributed by atoms with E-state index >= 15 is 0 Å². The number of hydrogen-bond acceptors (Lipinski definition) is 2. The molecule has 10 aromatic carbocycles. The molecule has 0 saturated heterocycles. The number of fused-ring (bicyclic) bond motifs is 22. The van der Waals surface area contributed by atoms with Gasteiger partial charge in [-0.25, -0.2) is 0 Å². The summed E-state index contributed by atoms with van der Waals surface area (Å²) in [5, 5.41) is 0. The van der Waals surface area contributed by atoms with Gasteiger partial charge in [-0.1, -0.05) is 188 Å². The topological polar surface area (TPSA) is 6.48 Å². The zero-order valence-corrected chi connectivity index (χ0v) is 37.2. The maximum Gasteiger partial charge on any atom is 0.333 e. The molecule has 0 amide bonds. The van der Waals surface area contributed by atoms with E-state index in [1.165, 1.54) is 140 Å². The summed E-state index contributed by atoms with van der Waals surface area (Å²) in [5.74, 6) is 0. The molecular weight excluding hydrogens is 808 g/mol. The summed E-state index contributed by atoms with van der Waals surface area (Å²) in [6.45, 7) is 4.44. The van der Waals surface area contributed by atoms with Crippen molar-refractivity contribution in [2.75, 3.05) is 9.71 Å². The van der Waals surface area contributed by atoms with Crippen LogP contribution in [0.2, 0.25) is 0 Å². The van der Waals surface area contributed by atoms with E-state index in [1.54, 1.807) is 0 Å². The fourth-order valence-corrected chi connectivity index (χ4v) is 14.5. The summed E-state index contributed by atoms with van der Waals surface area (Å²) in [6.07, 6.45) is 0. The molecule has 6 aliphatic rings. The minimum atomic E-state index is -0.519. The quantitative estimate of drug-likeness (QED) is 0.152. The van der Waals surface area contributed by atoms with Gasteiger partial charge < -0.3 is 9.71 Å². The molecule has 2 spiro atoms. The fourth-order valence-electron chi connectivity index (χ4n) is 14.5. The molecule has 0 bridgehead atoms. The van der Waals surface area contributed by atoms with Crippen LogP contribution in [0.15, 0.2) is 212 Å². The second kappa shape index (κ2) is 12.4. The third-order valence-electron chi connectivity index (χ3n) is 16.7. The second-order valence-electron chi connectivity index (χ2n) is 19.5. The molecule has 310 valence electrons. The minimum absolute atomic E-state index is 0.114. The monoisotopic (exact) mass is 848 g/mol. The van der Waals surface area contributed by atoms with Gasteiger partial charge in [0.15, 0.2) is 0 Å². The van der Waals surface area contributed by atoms with Crippen molar-refractivity contribution < 1.29 is 0 Å². The standard InChI is InChI=1S/C64H41BN2/c1-38-18-15-19-39(2)59(38)40-36-46-45-24-16-31-53-61(45)67(57-35-14-12-30-52(57)64(53)49-27-9-5-22-43(49)44-23-6-10-28-50(44)64)65-55-33-17-32-54-62(55)66(58(37-40)60(46)65)56-34-13-11-29-51(56)63(54)47-25-7-3-20-41(47)42-21-4-8-26-48(42)63/h3-37H,1-2H3. The van der Waals surface area contributed by atoms with E-state index in [0.29, 0.717) is 0 Å². The predicted octanol–water partition coefficient (Wildman–Crippen LogP) is 14.0. The molecule has 10 aromatic rings. The van der Waals surface area contributed by atoms with Crippen molar-refractivity contribution in [1.29, 1.82) is 0 Å². The molecule has 4 heterocycles. The van der Waals surface area contributed by atoms with Crippen molar-refractivity contribution >= 4 is 46.2 Å². The molecule has 0 saturated carbocycles. The van der Waals surface area contributed by atoms with E-state index in [0.717, 1.165) is 0 Å². The van der Waals surface area contributed by atoms with Gasteiger partial charge in [0.25, 0.3) is 0 Å². The van der Waals surface area contributed by atoms with Gasteiger partial charge in [0.1, 0.15) is 0 Å². The first-order valence-corrected chi connectivity index (χ1v) is 23.8. The van der Waals surface area contributed by atoms with E-state index in [4.69, 9.17) is 0 Å².